The molecule has 1 saturated heterocycles. The molecule has 0 unspecified atom stereocenters. The minimum absolute atomic E-state index is 0.0408. The second-order valence-corrected chi connectivity index (χ2v) is 2.87. The van der Waals surface area contributed by atoms with Gasteiger partial charge in [-0.05, 0) is 19.3 Å². The van der Waals surface area contributed by atoms with Crippen LogP contribution in [0.1, 0.15) is 19.3 Å². The van der Waals surface area contributed by atoms with E-state index in [4.69, 9.17) is 9.84 Å². The summed E-state index contributed by atoms with van der Waals surface area (Å²) in [6.07, 6.45) is 2.16. The molecular weight excluding hydrogens is 158 g/mol. The van der Waals surface area contributed by atoms with Crippen LogP contribution in [0, 0.1) is 0 Å². The van der Waals surface area contributed by atoms with Crippen molar-refractivity contribution < 1.29 is 14.6 Å². The maximum Gasteiger partial charge on any atom is 0.249 e. The predicted octanol–water partition coefficient (Wildman–Crippen LogP) is -0.336. The molecular formula is C8H15NO3. The molecule has 4 nitrogen and oxygen atoms in total. The standard InChI is InChI=1S/C8H15NO3/c10-5-2-4-9-8(11)7-3-1-6-12-7/h7,10H,1-6H2,(H,9,11)/t7-/m0/s1. The number of carbonyl (C=O) groups excluding carboxylic acids is 1. The lowest BCUT2D eigenvalue weighted by Crippen LogP contribution is -2.34. The van der Waals surface area contributed by atoms with Crippen LogP contribution in [0.2, 0.25) is 0 Å². The quantitative estimate of drug-likeness (QED) is 0.572. The largest absolute Gasteiger partial charge is 0.396 e. The van der Waals surface area contributed by atoms with E-state index in [2.05, 4.69) is 5.32 Å². The summed E-state index contributed by atoms with van der Waals surface area (Å²) in [5, 5.41) is 11.2. The van der Waals surface area contributed by atoms with Gasteiger partial charge in [0.05, 0.1) is 0 Å². The molecule has 1 amide bonds. The number of carbonyl (C=O) groups is 1. The van der Waals surface area contributed by atoms with Crippen LogP contribution >= 0.6 is 0 Å². The van der Waals surface area contributed by atoms with Gasteiger partial charge in [-0.25, -0.2) is 0 Å². The van der Waals surface area contributed by atoms with Gasteiger partial charge in [0, 0.05) is 19.8 Å². The minimum Gasteiger partial charge on any atom is -0.396 e. The highest BCUT2D eigenvalue weighted by molar-refractivity contribution is 5.80. The maximum absolute atomic E-state index is 11.2. The molecule has 0 bridgehead atoms. The van der Waals surface area contributed by atoms with Gasteiger partial charge in [-0.3, -0.25) is 4.79 Å². The van der Waals surface area contributed by atoms with Crippen LogP contribution in [-0.2, 0) is 9.53 Å². The first-order valence-corrected chi connectivity index (χ1v) is 4.35. The zero-order valence-electron chi connectivity index (χ0n) is 7.08. The van der Waals surface area contributed by atoms with E-state index < -0.39 is 0 Å². The Bertz CT molecular complexity index is 143. The number of hydrogen-bond acceptors (Lipinski definition) is 3. The van der Waals surface area contributed by atoms with Crippen molar-refractivity contribution in [2.45, 2.75) is 25.4 Å². The first-order valence-electron chi connectivity index (χ1n) is 4.35. The normalized spacial score (nSPS) is 22.6. The van der Waals surface area contributed by atoms with Gasteiger partial charge in [0.1, 0.15) is 6.10 Å². The summed E-state index contributed by atoms with van der Waals surface area (Å²) in [7, 11) is 0. The molecule has 4 heteroatoms. The molecule has 1 aliphatic rings. The van der Waals surface area contributed by atoms with Crippen LogP contribution in [0.5, 0.6) is 0 Å². The Labute approximate surface area is 71.9 Å². The Hall–Kier alpha value is -0.610. The summed E-state index contributed by atoms with van der Waals surface area (Å²) < 4.78 is 5.17. The van der Waals surface area contributed by atoms with E-state index in [1.807, 2.05) is 0 Å². The molecule has 0 aliphatic carbocycles. The number of amides is 1. The van der Waals surface area contributed by atoms with Crippen LogP contribution < -0.4 is 5.32 Å². The number of hydrogen-bond donors (Lipinski definition) is 2. The average molecular weight is 173 g/mol. The molecule has 12 heavy (non-hydrogen) atoms. The smallest absolute Gasteiger partial charge is 0.249 e. The molecule has 0 saturated carbocycles. The summed E-state index contributed by atoms with van der Waals surface area (Å²) in [4.78, 5) is 11.2. The number of aliphatic hydroxyl groups excluding tert-OH is 1. The third kappa shape index (κ3) is 2.79. The topological polar surface area (TPSA) is 58.6 Å². The van der Waals surface area contributed by atoms with E-state index in [-0.39, 0.29) is 18.6 Å². The fraction of sp³-hybridized carbons (Fsp3) is 0.875. The molecule has 0 radical (unpaired) electrons. The summed E-state index contributed by atoms with van der Waals surface area (Å²) in [5.41, 5.74) is 0. The highest BCUT2D eigenvalue weighted by atomic mass is 16.5. The number of ether oxygens (including phenoxy) is 1. The van der Waals surface area contributed by atoms with Gasteiger partial charge in [-0.1, -0.05) is 0 Å². The van der Waals surface area contributed by atoms with Crippen molar-refractivity contribution in [3.63, 3.8) is 0 Å². The molecule has 1 atom stereocenters. The van der Waals surface area contributed by atoms with E-state index in [1.54, 1.807) is 0 Å². The van der Waals surface area contributed by atoms with Crippen molar-refractivity contribution in [1.29, 1.82) is 0 Å². The third-order valence-electron chi connectivity index (χ3n) is 1.86. The molecule has 0 aromatic heterocycles. The van der Waals surface area contributed by atoms with Crippen molar-refractivity contribution in [2.24, 2.45) is 0 Å². The van der Waals surface area contributed by atoms with Crippen LogP contribution in [-0.4, -0.2) is 36.9 Å². The molecule has 1 aliphatic heterocycles. The fourth-order valence-electron chi connectivity index (χ4n) is 1.19. The summed E-state index contributed by atoms with van der Waals surface area (Å²) >= 11 is 0. The summed E-state index contributed by atoms with van der Waals surface area (Å²) in [6.45, 7) is 1.35. The van der Waals surface area contributed by atoms with E-state index >= 15 is 0 Å². The first kappa shape index (κ1) is 9.48. The average Bonchev–Trinajstić information content (AvgIpc) is 2.56. The second-order valence-electron chi connectivity index (χ2n) is 2.87. The van der Waals surface area contributed by atoms with E-state index in [1.165, 1.54) is 0 Å². The zero-order valence-corrected chi connectivity index (χ0v) is 7.08. The van der Waals surface area contributed by atoms with E-state index in [9.17, 15) is 4.79 Å². The number of rotatable bonds is 4. The van der Waals surface area contributed by atoms with Crippen LogP contribution in [0.25, 0.3) is 0 Å². The van der Waals surface area contributed by atoms with Crippen molar-refractivity contribution in [3.05, 3.63) is 0 Å². The molecule has 70 valence electrons. The fourth-order valence-corrected chi connectivity index (χ4v) is 1.19. The predicted molar refractivity (Wildman–Crippen MR) is 43.7 cm³/mol. The zero-order chi connectivity index (χ0) is 8.81. The maximum atomic E-state index is 11.2. The number of nitrogens with one attached hydrogen (secondary N) is 1. The van der Waals surface area contributed by atoms with Crippen molar-refractivity contribution in [2.75, 3.05) is 19.8 Å². The van der Waals surface area contributed by atoms with E-state index in [0.717, 1.165) is 12.8 Å². The van der Waals surface area contributed by atoms with Crippen LogP contribution in [0.3, 0.4) is 0 Å². The molecule has 1 heterocycles. The summed E-state index contributed by atoms with van der Waals surface area (Å²) in [5.74, 6) is -0.0408. The Morgan fingerprint density at radius 1 is 1.67 bits per heavy atom. The number of aliphatic hydroxyl groups is 1. The van der Waals surface area contributed by atoms with E-state index in [0.29, 0.717) is 19.6 Å². The van der Waals surface area contributed by atoms with Gasteiger partial charge in [0.2, 0.25) is 5.91 Å². The molecule has 1 fully saturated rings. The first-order chi connectivity index (χ1) is 5.84. The molecule has 1 rings (SSSR count). The minimum atomic E-state index is -0.247. The monoisotopic (exact) mass is 173 g/mol. The van der Waals surface area contributed by atoms with Crippen molar-refractivity contribution in [1.82, 2.24) is 5.32 Å². The molecule has 2 N–H and O–H groups in total. The van der Waals surface area contributed by atoms with Gasteiger partial charge < -0.3 is 15.2 Å². The Morgan fingerprint density at radius 3 is 3.08 bits per heavy atom. The van der Waals surface area contributed by atoms with Gasteiger partial charge in [0.25, 0.3) is 0 Å². The van der Waals surface area contributed by atoms with Crippen LogP contribution in [0.15, 0.2) is 0 Å². The summed E-state index contributed by atoms with van der Waals surface area (Å²) in [6, 6.07) is 0. The van der Waals surface area contributed by atoms with Gasteiger partial charge in [-0.15, -0.1) is 0 Å². The highest BCUT2D eigenvalue weighted by Crippen LogP contribution is 2.11. The molecule has 0 aromatic rings. The molecule has 0 spiro atoms. The van der Waals surface area contributed by atoms with Gasteiger partial charge >= 0.3 is 0 Å². The Kier molecular flexibility index (Phi) is 4.04. The lowest BCUT2D eigenvalue weighted by atomic mass is 10.2. The van der Waals surface area contributed by atoms with Crippen molar-refractivity contribution in [3.8, 4) is 0 Å². The SMILES string of the molecule is O=C(NCCCO)[C@@H]1CCCO1. The lowest BCUT2D eigenvalue weighted by molar-refractivity contribution is -0.130. The third-order valence-corrected chi connectivity index (χ3v) is 1.86. The lowest BCUT2D eigenvalue weighted by Gasteiger charge is -2.09. The Morgan fingerprint density at radius 2 is 2.50 bits per heavy atom. The molecule has 0 aromatic carbocycles. The van der Waals surface area contributed by atoms with Gasteiger partial charge in [0.15, 0.2) is 0 Å². The highest BCUT2D eigenvalue weighted by Gasteiger charge is 2.22. The van der Waals surface area contributed by atoms with Crippen molar-refractivity contribution >= 4 is 5.91 Å². The second kappa shape index (κ2) is 5.11. The van der Waals surface area contributed by atoms with Crippen LogP contribution in [0.4, 0.5) is 0 Å². The Balaban J connectivity index is 2.10. The van der Waals surface area contributed by atoms with Gasteiger partial charge in [-0.2, -0.15) is 0 Å².